The smallest absolute Gasteiger partial charge is 0.0622 e. The molecule has 0 fully saturated rings. The van der Waals surface area contributed by atoms with E-state index in [4.69, 9.17) is 5.48 Å². The van der Waals surface area contributed by atoms with Crippen molar-refractivity contribution < 1.29 is 5.48 Å². The highest BCUT2D eigenvalue weighted by molar-refractivity contribution is 5.53. The standard InChI is InChI=1S/C18H16/c1(5-11-17-13-7-3-8-14-17)2-6-12-18-15-9-4-10-16-18/h1-16H/b2-1+,11-5+,12-6+/i5D,6D,11D,12D. The van der Waals surface area contributed by atoms with E-state index in [1.807, 2.05) is 36.4 Å². The summed E-state index contributed by atoms with van der Waals surface area (Å²) in [4.78, 5) is 0. The predicted octanol–water partition coefficient (Wildman–Crippen LogP) is 4.97. The van der Waals surface area contributed by atoms with Crippen LogP contribution in [-0.2, 0) is 0 Å². The molecule has 0 unspecified atom stereocenters. The molecule has 2 aromatic rings. The fourth-order valence-corrected chi connectivity index (χ4v) is 1.38. The van der Waals surface area contributed by atoms with Gasteiger partial charge in [0.1, 0.15) is 0 Å². The first-order chi connectivity index (χ1) is 10.6. The van der Waals surface area contributed by atoms with Crippen molar-refractivity contribution >= 4 is 12.1 Å². The van der Waals surface area contributed by atoms with Crippen molar-refractivity contribution in [2.45, 2.75) is 0 Å². The first-order valence-corrected chi connectivity index (χ1v) is 5.73. The van der Waals surface area contributed by atoms with Crippen molar-refractivity contribution in [1.82, 2.24) is 0 Å². The van der Waals surface area contributed by atoms with E-state index < -0.39 is 0 Å². The third-order valence-electron chi connectivity index (χ3n) is 2.23. The highest BCUT2D eigenvalue weighted by Gasteiger charge is 1.80. The Bertz CT molecular complexity index is 650. The van der Waals surface area contributed by atoms with Gasteiger partial charge in [-0.2, -0.15) is 0 Å². The lowest BCUT2D eigenvalue weighted by atomic mass is 10.2. The molecule has 0 bridgehead atoms. The van der Waals surface area contributed by atoms with Crippen LogP contribution in [0, 0.1) is 0 Å². The SMILES string of the molecule is [2H]C(/C=C/C([2H])=C(\[2H])c1ccccc1)=C(/[2H])c1ccccc1. The van der Waals surface area contributed by atoms with Gasteiger partial charge in [0.2, 0.25) is 0 Å². The Morgan fingerprint density at radius 3 is 1.39 bits per heavy atom. The van der Waals surface area contributed by atoms with Crippen LogP contribution in [0.1, 0.15) is 16.6 Å². The van der Waals surface area contributed by atoms with Gasteiger partial charge in [0, 0.05) is 0 Å². The zero-order chi connectivity index (χ0) is 15.9. The van der Waals surface area contributed by atoms with Crippen LogP contribution < -0.4 is 0 Å². The Labute approximate surface area is 114 Å². The molecule has 0 saturated heterocycles. The Kier molecular flexibility index (Phi) is 3.10. The molecule has 0 heterocycles. The number of allylic oxidation sites excluding steroid dienone is 4. The quantitative estimate of drug-likeness (QED) is 0.657. The number of hydrogen-bond donors (Lipinski definition) is 0. The summed E-state index contributed by atoms with van der Waals surface area (Å²) in [7, 11) is 0. The maximum Gasteiger partial charge on any atom is 0.0629 e. The largest absolute Gasteiger partial charge is 0.0629 e. The lowest BCUT2D eigenvalue weighted by molar-refractivity contribution is 1.66. The Balaban J connectivity index is 2.24. The van der Waals surface area contributed by atoms with Crippen LogP contribution >= 0.6 is 0 Å². The average molecular weight is 236 g/mol. The second-order valence-corrected chi connectivity index (χ2v) is 3.60. The molecule has 0 spiro atoms. The first-order valence-electron chi connectivity index (χ1n) is 7.73. The minimum absolute atomic E-state index is 0.0109. The van der Waals surface area contributed by atoms with Crippen molar-refractivity contribution in [2.75, 3.05) is 0 Å². The van der Waals surface area contributed by atoms with Crippen molar-refractivity contribution in [2.24, 2.45) is 0 Å². The van der Waals surface area contributed by atoms with Crippen molar-refractivity contribution in [3.05, 3.63) is 96.0 Å². The number of hydrogen-bond acceptors (Lipinski definition) is 0. The fraction of sp³-hybridized carbons (Fsp3) is 0. The molecular formula is C18H16. The molecule has 0 aliphatic heterocycles. The molecular weight excluding hydrogens is 216 g/mol. The van der Waals surface area contributed by atoms with Gasteiger partial charge in [-0.3, -0.25) is 0 Å². The van der Waals surface area contributed by atoms with Crippen LogP contribution in [0.25, 0.3) is 12.1 Å². The highest BCUT2D eigenvalue weighted by Crippen LogP contribution is 2.02. The van der Waals surface area contributed by atoms with E-state index in [2.05, 4.69) is 0 Å². The van der Waals surface area contributed by atoms with Gasteiger partial charge in [-0.15, -0.1) is 0 Å². The van der Waals surface area contributed by atoms with E-state index in [-0.39, 0.29) is 24.2 Å². The summed E-state index contributed by atoms with van der Waals surface area (Å²) in [6.07, 6.45) is 2.77. The van der Waals surface area contributed by atoms with Crippen LogP contribution in [0.3, 0.4) is 0 Å². The third-order valence-corrected chi connectivity index (χ3v) is 2.23. The molecule has 0 aromatic heterocycles. The molecule has 2 aromatic carbocycles. The van der Waals surface area contributed by atoms with E-state index in [9.17, 15) is 0 Å². The summed E-state index contributed by atoms with van der Waals surface area (Å²) < 4.78 is 31.7. The van der Waals surface area contributed by atoms with Crippen molar-refractivity contribution in [3.8, 4) is 0 Å². The van der Waals surface area contributed by atoms with Gasteiger partial charge >= 0.3 is 0 Å². The van der Waals surface area contributed by atoms with Gasteiger partial charge in [0.15, 0.2) is 0 Å². The Hall–Kier alpha value is -2.34. The van der Waals surface area contributed by atoms with E-state index >= 15 is 0 Å². The number of rotatable bonds is 4. The van der Waals surface area contributed by atoms with E-state index in [0.29, 0.717) is 11.1 Å². The summed E-state index contributed by atoms with van der Waals surface area (Å²) >= 11 is 0. The molecule has 2 rings (SSSR count). The molecule has 0 amide bonds. The zero-order valence-corrected chi connectivity index (χ0v) is 9.93. The molecule has 0 radical (unpaired) electrons. The molecule has 0 saturated carbocycles. The van der Waals surface area contributed by atoms with Crippen LogP contribution in [-0.4, -0.2) is 0 Å². The van der Waals surface area contributed by atoms with Crippen LogP contribution in [0.4, 0.5) is 0 Å². The summed E-state index contributed by atoms with van der Waals surface area (Å²) in [5.41, 5.74) is 1.31. The maximum atomic E-state index is 7.95. The second kappa shape index (κ2) is 7.08. The minimum Gasteiger partial charge on any atom is -0.0622 e. The zero-order valence-electron chi connectivity index (χ0n) is 13.9. The molecule has 0 atom stereocenters. The normalized spacial score (nSPS) is 17.1. The Morgan fingerprint density at radius 1 is 0.611 bits per heavy atom. The van der Waals surface area contributed by atoms with Gasteiger partial charge in [-0.1, -0.05) is 97.0 Å². The monoisotopic (exact) mass is 236 g/mol. The molecule has 0 nitrogen and oxygen atoms in total. The molecule has 18 heavy (non-hydrogen) atoms. The van der Waals surface area contributed by atoms with Crippen LogP contribution in [0.2, 0.25) is 0 Å². The molecule has 88 valence electrons. The summed E-state index contributed by atoms with van der Waals surface area (Å²) in [6.45, 7) is 0. The van der Waals surface area contributed by atoms with Crippen molar-refractivity contribution in [3.63, 3.8) is 0 Å². The molecule has 0 aliphatic rings. The maximum absolute atomic E-state index is 7.95. The fourth-order valence-electron chi connectivity index (χ4n) is 1.38. The summed E-state index contributed by atoms with van der Waals surface area (Å²) in [5.74, 6) is 0. The van der Waals surface area contributed by atoms with E-state index in [1.54, 1.807) is 24.3 Å². The van der Waals surface area contributed by atoms with Crippen LogP contribution in [0.15, 0.2) is 84.9 Å². The van der Waals surface area contributed by atoms with Gasteiger partial charge in [-0.25, -0.2) is 0 Å². The average Bonchev–Trinajstić information content (AvgIpc) is 2.59. The van der Waals surface area contributed by atoms with Crippen molar-refractivity contribution in [1.29, 1.82) is 0 Å². The molecule has 0 N–H and O–H groups in total. The molecule has 0 aliphatic carbocycles. The molecule has 0 heteroatoms. The minimum atomic E-state index is 0.0109. The lowest BCUT2D eigenvalue weighted by Crippen LogP contribution is -1.67. The number of benzene rings is 2. The van der Waals surface area contributed by atoms with E-state index in [1.165, 1.54) is 12.2 Å². The summed E-state index contributed by atoms with van der Waals surface area (Å²) in [6, 6.07) is 18.2. The topological polar surface area (TPSA) is 0 Å². The highest BCUT2D eigenvalue weighted by atomic mass is 13.9. The van der Waals surface area contributed by atoms with Gasteiger partial charge < -0.3 is 0 Å². The van der Waals surface area contributed by atoms with Gasteiger partial charge in [-0.05, 0) is 11.1 Å². The van der Waals surface area contributed by atoms with E-state index in [0.717, 1.165) is 0 Å². The Morgan fingerprint density at radius 2 is 1.00 bits per heavy atom. The van der Waals surface area contributed by atoms with Gasteiger partial charge in [0.25, 0.3) is 0 Å². The second-order valence-electron chi connectivity index (χ2n) is 3.60. The first kappa shape index (κ1) is 7.88. The summed E-state index contributed by atoms with van der Waals surface area (Å²) in [5, 5.41) is 0. The predicted molar refractivity (Wildman–Crippen MR) is 80.1 cm³/mol. The van der Waals surface area contributed by atoms with Gasteiger partial charge in [0.05, 0.1) is 5.48 Å². The van der Waals surface area contributed by atoms with Crippen LogP contribution in [0.5, 0.6) is 0 Å². The third kappa shape index (κ3) is 4.26. The lowest BCUT2D eigenvalue weighted by Gasteiger charge is -1.89.